The number of nitrogens with one attached hydrogen (secondary N) is 2. The number of aromatic nitrogens is 1. The van der Waals surface area contributed by atoms with Crippen molar-refractivity contribution in [2.45, 2.75) is 31.6 Å². The van der Waals surface area contributed by atoms with Crippen molar-refractivity contribution in [3.63, 3.8) is 0 Å². The maximum atomic E-state index is 12.5. The van der Waals surface area contributed by atoms with E-state index < -0.39 is 11.3 Å². The Bertz CT molecular complexity index is 1090. The van der Waals surface area contributed by atoms with E-state index in [1.807, 2.05) is 49.4 Å². The Labute approximate surface area is 173 Å². The standard InChI is InChI=1S/C23H21N3O4/c1-2-23(13-12-20(27)25-22(23)29)16-8-10-17(11-9-16)24-21(28)19-14-18(26-30-19)15-6-4-3-5-7-15/h3-11,14H,2,12-13H2,1H3,(H,24,28)(H,25,27,29). The lowest BCUT2D eigenvalue weighted by Gasteiger charge is -2.35. The van der Waals surface area contributed by atoms with Crippen molar-refractivity contribution in [2.24, 2.45) is 0 Å². The van der Waals surface area contributed by atoms with Crippen LogP contribution in [0.4, 0.5) is 5.69 Å². The number of hydrogen-bond acceptors (Lipinski definition) is 5. The molecule has 1 atom stereocenters. The molecule has 0 aliphatic carbocycles. The molecule has 2 aromatic carbocycles. The summed E-state index contributed by atoms with van der Waals surface area (Å²) in [5, 5.41) is 9.16. The highest BCUT2D eigenvalue weighted by molar-refractivity contribution is 6.04. The van der Waals surface area contributed by atoms with Crippen LogP contribution in [0.15, 0.2) is 65.2 Å². The second-order valence-corrected chi connectivity index (χ2v) is 7.29. The van der Waals surface area contributed by atoms with E-state index in [4.69, 9.17) is 4.52 Å². The van der Waals surface area contributed by atoms with E-state index in [-0.39, 0.29) is 17.6 Å². The summed E-state index contributed by atoms with van der Waals surface area (Å²) in [7, 11) is 0. The fourth-order valence-electron chi connectivity index (χ4n) is 3.76. The molecule has 0 spiro atoms. The number of piperidine rings is 1. The Morgan fingerprint density at radius 2 is 1.87 bits per heavy atom. The van der Waals surface area contributed by atoms with Gasteiger partial charge in [0, 0.05) is 23.7 Å². The average Bonchev–Trinajstić information content (AvgIpc) is 3.26. The van der Waals surface area contributed by atoms with Gasteiger partial charge in [-0.3, -0.25) is 19.7 Å². The molecule has 152 valence electrons. The molecule has 0 saturated carbocycles. The third kappa shape index (κ3) is 3.61. The van der Waals surface area contributed by atoms with Crippen LogP contribution in [0.5, 0.6) is 0 Å². The highest BCUT2D eigenvalue weighted by atomic mass is 16.5. The van der Waals surface area contributed by atoms with Gasteiger partial charge in [-0.1, -0.05) is 54.5 Å². The quantitative estimate of drug-likeness (QED) is 0.633. The van der Waals surface area contributed by atoms with Crippen molar-refractivity contribution >= 4 is 23.4 Å². The van der Waals surface area contributed by atoms with Crippen molar-refractivity contribution in [3.8, 4) is 11.3 Å². The van der Waals surface area contributed by atoms with Crippen molar-refractivity contribution in [2.75, 3.05) is 5.32 Å². The van der Waals surface area contributed by atoms with Gasteiger partial charge in [0.1, 0.15) is 5.69 Å². The van der Waals surface area contributed by atoms with E-state index in [1.54, 1.807) is 18.2 Å². The topological polar surface area (TPSA) is 101 Å². The normalized spacial score (nSPS) is 18.7. The van der Waals surface area contributed by atoms with Crippen LogP contribution in [-0.2, 0) is 15.0 Å². The summed E-state index contributed by atoms with van der Waals surface area (Å²) in [4.78, 5) is 36.5. The monoisotopic (exact) mass is 403 g/mol. The SMILES string of the molecule is CCC1(c2ccc(NC(=O)c3cc(-c4ccccc4)no3)cc2)CCC(=O)NC1=O. The number of nitrogens with zero attached hydrogens (tertiary/aromatic N) is 1. The zero-order valence-corrected chi connectivity index (χ0v) is 16.5. The zero-order valence-electron chi connectivity index (χ0n) is 16.5. The second kappa shape index (κ2) is 7.94. The largest absolute Gasteiger partial charge is 0.350 e. The highest BCUT2D eigenvalue weighted by Crippen LogP contribution is 2.36. The number of carbonyl (C=O) groups excluding carboxylic acids is 3. The van der Waals surface area contributed by atoms with Crippen LogP contribution in [0.1, 0.15) is 42.3 Å². The number of benzene rings is 2. The van der Waals surface area contributed by atoms with Crippen LogP contribution in [0.25, 0.3) is 11.3 Å². The van der Waals surface area contributed by atoms with E-state index in [1.165, 1.54) is 0 Å². The Morgan fingerprint density at radius 1 is 1.13 bits per heavy atom. The van der Waals surface area contributed by atoms with Crippen LogP contribution in [0.3, 0.4) is 0 Å². The highest BCUT2D eigenvalue weighted by Gasteiger charge is 2.42. The molecule has 0 bridgehead atoms. The van der Waals surface area contributed by atoms with E-state index in [2.05, 4.69) is 15.8 Å². The summed E-state index contributed by atoms with van der Waals surface area (Å²) >= 11 is 0. The third-order valence-corrected chi connectivity index (χ3v) is 5.57. The molecule has 1 aliphatic heterocycles. The van der Waals surface area contributed by atoms with Crippen molar-refractivity contribution in [1.82, 2.24) is 10.5 Å². The van der Waals surface area contributed by atoms with Crippen LogP contribution in [-0.4, -0.2) is 22.9 Å². The van der Waals surface area contributed by atoms with Gasteiger partial charge in [0.05, 0.1) is 5.41 Å². The van der Waals surface area contributed by atoms with E-state index >= 15 is 0 Å². The minimum atomic E-state index is -0.730. The molecule has 1 unspecified atom stereocenters. The maximum Gasteiger partial charge on any atom is 0.294 e. The minimum absolute atomic E-state index is 0.105. The lowest BCUT2D eigenvalue weighted by atomic mass is 9.72. The van der Waals surface area contributed by atoms with Gasteiger partial charge in [0.15, 0.2) is 0 Å². The number of hydrogen-bond donors (Lipinski definition) is 2. The Balaban J connectivity index is 1.49. The van der Waals surface area contributed by atoms with Gasteiger partial charge in [-0.15, -0.1) is 0 Å². The lowest BCUT2D eigenvalue weighted by Crippen LogP contribution is -2.51. The van der Waals surface area contributed by atoms with Crippen molar-refractivity contribution < 1.29 is 18.9 Å². The van der Waals surface area contributed by atoms with Crippen LogP contribution >= 0.6 is 0 Å². The maximum absolute atomic E-state index is 12.5. The van der Waals surface area contributed by atoms with Gasteiger partial charge in [0.25, 0.3) is 5.91 Å². The molecule has 4 rings (SSSR count). The first-order valence-electron chi connectivity index (χ1n) is 9.80. The van der Waals surface area contributed by atoms with Crippen LogP contribution in [0, 0.1) is 0 Å². The number of carbonyl (C=O) groups is 3. The van der Waals surface area contributed by atoms with Gasteiger partial charge < -0.3 is 9.84 Å². The Hall–Kier alpha value is -3.74. The van der Waals surface area contributed by atoms with E-state index in [0.717, 1.165) is 11.1 Å². The van der Waals surface area contributed by atoms with Crippen molar-refractivity contribution in [1.29, 1.82) is 0 Å². The fourth-order valence-corrected chi connectivity index (χ4v) is 3.76. The zero-order chi connectivity index (χ0) is 21.1. The molecule has 2 N–H and O–H groups in total. The average molecular weight is 403 g/mol. The number of imide groups is 1. The molecule has 30 heavy (non-hydrogen) atoms. The van der Waals surface area contributed by atoms with Gasteiger partial charge >= 0.3 is 0 Å². The number of amides is 3. The molecular formula is C23H21N3O4. The molecule has 2 heterocycles. The van der Waals surface area contributed by atoms with Gasteiger partial charge in [-0.25, -0.2) is 0 Å². The summed E-state index contributed by atoms with van der Waals surface area (Å²) in [5.74, 6) is -0.820. The number of rotatable bonds is 5. The van der Waals surface area contributed by atoms with Gasteiger partial charge in [0.2, 0.25) is 17.6 Å². The molecular weight excluding hydrogens is 382 g/mol. The summed E-state index contributed by atoms with van der Waals surface area (Å²) in [6.45, 7) is 1.93. The van der Waals surface area contributed by atoms with Crippen LogP contribution in [0.2, 0.25) is 0 Å². The number of anilines is 1. The molecule has 1 aromatic heterocycles. The first-order valence-corrected chi connectivity index (χ1v) is 9.80. The minimum Gasteiger partial charge on any atom is -0.350 e. The van der Waals surface area contributed by atoms with Crippen molar-refractivity contribution in [3.05, 3.63) is 72.0 Å². The molecule has 7 heteroatoms. The predicted octanol–water partition coefficient (Wildman–Crippen LogP) is 3.68. The molecule has 0 radical (unpaired) electrons. The summed E-state index contributed by atoms with van der Waals surface area (Å²) < 4.78 is 5.18. The summed E-state index contributed by atoms with van der Waals surface area (Å²) in [5.41, 5.74) is 2.10. The molecule has 1 aliphatic rings. The van der Waals surface area contributed by atoms with Crippen LogP contribution < -0.4 is 10.6 Å². The second-order valence-electron chi connectivity index (χ2n) is 7.29. The first kappa shape index (κ1) is 19.6. The smallest absolute Gasteiger partial charge is 0.294 e. The molecule has 3 aromatic rings. The first-order chi connectivity index (χ1) is 14.5. The van der Waals surface area contributed by atoms with Gasteiger partial charge in [-0.05, 0) is 30.5 Å². The lowest BCUT2D eigenvalue weighted by molar-refractivity contribution is -0.138. The van der Waals surface area contributed by atoms with E-state index in [0.29, 0.717) is 30.6 Å². The summed E-state index contributed by atoms with van der Waals surface area (Å²) in [6, 6.07) is 18.1. The summed E-state index contributed by atoms with van der Waals surface area (Å²) in [6.07, 6.45) is 1.37. The predicted molar refractivity (Wildman–Crippen MR) is 111 cm³/mol. The molecule has 3 amide bonds. The Kier molecular flexibility index (Phi) is 5.18. The van der Waals surface area contributed by atoms with Gasteiger partial charge in [-0.2, -0.15) is 0 Å². The molecule has 1 fully saturated rings. The Morgan fingerprint density at radius 3 is 2.53 bits per heavy atom. The fraction of sp³-hybridized carbons (Fsp3) is 0.217. The third-order valence-electron chi connectivity index (χ3n) is 5.57. The molecule has 7 nitrogen and oxygen atoms in total. The van der Waals surface area contributed by atoms with E-state index in [9.17, 15) is 14.4 Å². The molecule has 1 saturated heterocycles.